The molecule has 2 heterocycles. The Morgan fingerprint density at radius 2 is 1.44 bits per heavy atom. The van der Waals surface area contributed by atoms with E-state index in [1.165, 1.54) is 21.7 Å². The minimum absolute atomic E-state index is 0.345. The first-order valence-corrected chi connectivity index (χ1v) is 18.7. The molecule has 5 aromatic carbocycles. The Morgan fingerprint density at radius 3 is 2.28 bits per heavy atom. The van der Waals surface area contributed by atoms with Gasteiger partial charge in [-0.25, -0.2) is 0 Å². The van der Waals surface area contributed by atoms with E-state index >= 15 is 0 Å². The van der Waals surface area contributed by atoms with Crippen LogP contribution in [0.3, 0.4) is 0 Å². The molecule has 2 atom stereocenters. The number of allylic oxidation sites excluding steroid dienone is 12. The second kappa shape index (κ2) is 15.4. The van der Waals surface area contributed by atoms with Crippen molar-refractivity contribution < 1.29 is 4.74 Å². The van der Waals surface area contributed by atoms with Crippen molar-refractivity contribution in [3.8, 4) is 0 Å². The molecule has 2 aliphatic rings. The molecule has 2 N–H and O–H groups in total. The van der Waals surface area contributed by atoms with Gasteiger partial charge in [0.1, 0.15) is 5.76 Å². The number of hydrogen-bond donors (Lipinski definition) is 1. The summed E-state index contributed by atoms with van der Waals surface area (Å²) in [6, 6.07) is 34.6. The van der Waals surface area contributed by atoms with Crippen LogP contribution in [0.2, 0.25) is 0 Å². The second-order valence-corrected chi connectivity index (χ2v) is 14.2. The van der Waals surface area contributed by atoms with Gasteiger partial charge in [-0.05, 0) is 100 Å². The number of fused-ring (bicyclic) bond motifs is 5. The fourth-order valence-electron chi connectivity index (χ4n) is 7.49. The van der Waals surface area contributed by atoms with Crippen LogP contribution in [-0.4, -0.2) is 29.1 Å². The molecule has 0 amide bonds. The first-order valence-electron chi connectivity index (χ1n) is 18.7. The molecule has 1 aliphatic heterocycles. The lowest BCUT2D eigenvalue weighted by molar-refractivity contribution is 0.286. The highest BCUT2D eigenvalue weighted by atomic mass is 16.5. The molecule has 266 valence electrons. The highest BCUT2D eigenvalue weighted by molar-refractivity contribution is 6.14. The van der Waals surface area contributed by atoms with Crippen LogP contribution in [0.15, 0.2) is 200 Å². The van der Waals surface area contributed by atoms with E-state index in [0.717, 1.165) is 69.0 Å². The van der Waals surface area contributed by atoms with Crippen molar-refractivity contribution in [2.45, 2.75) is 24.9 Å². The summed E-state index contributed by atoms with van der Waals surface area (Å²) in [6.45, 7) is 9.55. The fourth-order valence-corrected chi connectivity index (χ4v) is 7.49. The molecule has 1 aliphatic carbocycles. The Labute approximate surface area is 317 Å². The number of benzene rings is 5. The molecule has 4 nitrogen and oxygen atoms in total. The predicted molar refractivity (Wildman–Crippen MR) is 230 cm³/mol. The number of rotatable bonds is 7. The Balaban J connectivity index is 1.33. The average molecular weight is 704 g/mol. The summed E-state index contributed by atoms with van der Waals surface area (Å²) in [5.41, 5.74) is 14.2. The van der Waals surface area contributed by atoms with Crippen LogP contribution in [0.25, 0.3) is 49.0 Å². The molecule has 54 heavy (non-hydrogen) atoms. The predicted octanol–water partition coefficient (Wildman–Crippen LogP) is 11.7. The number of nitrogens with two attached hydrogens (primary N) is 1. The summed E-state index contributed by atoms with van der Waals surface area (Å²) in [7, 11) is 2.22. The van der Waals surface area contributed by atoms with Gasteiger partial charge < -0.3 is 15.0 Å². The van der Waals surface area contributed by atoms with Crippen LogP contribution in [-0.2, 0) is 11.2 Å². The van der Waals surface area contributed by atoms with Gasteiger partial charge in [-0.15, -0.1) is 0 Å². The molecule has 0 radical (unpaired) electrons. The van der Waals surface area contributed by atoms with E-state index in [4.69, 9.17) is 10.5 Å². The molecular formula is C50H45N3O. The third kappa shape index (κ3) is 7.10. The van der Waals surface area contributed by atoms with Crippen molar-refractivity contribution in [1.82, 2.24) is 9.47 Å². The number of hydrogen-bond acceptors (Lipinski definition) is 3. The van der Waals surface area contributed by atoms with Gasteiger partial charge in [0.2, 0.25) is 0 Å². The van der Waals surface area contributed by atoms with Gasteiger partial charge in [0.25, 0.3) is 0 Å². The largest absolute Gasteiger partial charge is 0.465 e. The van der Waals surface area contributed by atoms with E-state index in [0.29, 0.717) is 11.8 Å². The van der Waals surface area contributed by atoms with Crippen molar-refractivity contribution >= 4 is 49.0 Å². The zero-order valence-electron chi connectivity index (χ0n) is 30.7. The highest BCUT2D eigenvalue weighted by Gasteiger charge is 2.23. The van der Waals surface area contributed by atoms with Gasteiger partial charge in [-0.3, -0.25) is 4.90 Å². The highest BCUT2D eigenvalue weighted by Crippen LogP contribution is 2.39. The van der Waals surface area contributed by atoms with Gasteiger partial charge in [0, 0.05) is 23.4 Å². The zero-order valence-corrected chi connectivity index (χ0v) is 30.7. The lowest BCUT2D eigenvalue weighted by Crippen LogP contribution is -2.31. The molecule has 4 heteroatoms. The van der Waals surface area contributed by atoms with E-state index in [1.54, 1.807) is 6.26 Å². The summed E-state index contributed by atoms with van der Waals surface area (Å²) in [5.74, 6) is 0.627. The maximum atomic E-state index is 7.31. The Morgan fingerprint density at radius 1 is 0.722 bits per heavy atom. The maximum Gasteiger partial charge on any atom is 0.148 e. The lowest BCUT2D eigenvalue weighted by Gasteiger charge is -2.25. The van der Waals surface area contributed by atoms with E-state index in [2.05, 4.69) is 169 Å². The van der Waals surface area contributed by atoms with Crippen LogP contribution >= 0.6 is 0 Å². The molecule has 8 rings (SSSR count). The Hall–Kier alpha value is -6.20. The van der Waals surface area contributed by atoms with Gasteiger partial charge in [-0.2, -0.15) is 0 Å². The van der Waals surface area contributed by atoms with Crippen molar-refractivity contribution in [2.24, 2.45) is 5.73 Å². The minimum Gasteiger partial charge on any atom is -0.465 e. The van der Waals surface area contributed by atoms with E-state index in [9.17, 15) is 0 Å². The van der Waals surface area contributed by atoms with Crippen LogP contribution in [0.4, 0.5) is 0 Å². The van der Waals surface area contributed by atoms with Crippen LogP contribution in [0, 0.1) is 0 Å². The van der Waals surface area contributed by atoms with Crippen LogP contribution in [0.5, 0.6) is 0 Å². The fraction of sp³-hybridized carbons (Fsp3) is 0.120. The van der Waals surface area contributed by atoms with Crippen molar-refractivity contribution in [3.05, 3.63) is 211 Å². The van der Waals surface area contributed by atoms with Crippen molar-refractivity contribution in [1.29, 1.82) is 0 Å². The van der Waals surface area contributed by atoms with Gasteiger partial charge in [0.15, 0.2) is 0 Å². The number of aromatic nitrogens is 1. The SMILES string of the molecule is C=C1/C=C\C=C/O/C(C(N)c2ccc3ccccc3c2)=C(n2c3cc(CCN(C)C4/C=C/C=C\C=C/C4)ccc3c3cc4ccccc4cc32)\C=C/C1=C. The molecule has 1 aromatic heterocycles. The lowest BCUT2D eigenvalue weighted by atomic mass is 9.99. The summed E-state index contributed by atoms with van der Waals surface area (Å²) in [6.07, 6.45) is 26.4. The van der Waals surface area contributed by atoms with Crippen molar-refractivity contribution in [2.75, 3.05) is 13.6 Å². The minimum atomic E-state index is -0.578. The molecule has 0 saturated carbocycles. The Bertz CT molecular complexity index is 2640. The first-order chi connectivity index (χ1) is 26.4. The summed E-state index contributed by atoms with van der Waals surface area (Å²) in [5, 5.41) is 6.99. The first kappa shape index (κ1) is 34.9. The van der Waals surface area contributed by atoms with Crippen molar-refractivity contribution in [3.63, 3.8) is 0 Å². The monoisotopic (exact) mass is 703 g/mol. The van der Waals surface area contributed by atoms with Crippen LogP contribution < -0.4 is 5.73 Å². The zero-order chi connectivity index (χ0) is 37.0. The third-order valence-electron chi connectivity index (χ3n) is 10.6. The van der Waals surface area contributed by atoms with Gasteiger partial charge in [-0.1, -0.05) is 141 Å². The van der Waals surface area contributed by atoms with Gasteiger partial charge in [0.05, 0.1) is 29.0 Å². The summed E-state index contributed by atoms with van der Waals surface area (Å²) >= 11 is 0. The molecule has 0 fully saturated rings. The topological polar surface area (TPSA) is 43.4 Å². The van der Waals surface area contributed by atoms with Crippen LogP contribution in [0.1, 0.15) is 23.6 Å². The standard InChI is InChI=1S/C50H45N3O/c1-35-15-13-14-30-54-50(49(51)42-25-24-38-16-9-10-17-39(38)32-42)46(27-22-36(35)2)53-47-31-37(28-29-52(3)43-20-7-5-4-6-8-21-43)23-26-44(47)45-33-40-18-11-12-19-41(40)34-48(45)53/h4-20,22-27,30-34,43,49H,1-2,21,28-29,51H2,3H3/b5-4-,8-6-,15-13-,20-7+,27-22-,30-14-,50-46+. The molecular weight excluding hydrogens is 659 g/mol. The molecule has 0 saturated heterocycles. The van der Waals surface area contributed by atoms with E-state index in [-0.39, 0.29) is 0 Å². The third-order valence-corrected chi connectivity index (χ3v) is 10.6. The summed E-state index contributed by atoms with van der Waals surface area (Å²) < 4.78 is 8.99. The quantitative estimate of drug-likeness (QED) is 0.180. The molecule has 0 spiro atoms. The normalized spacial score (nSPS) is 22.0. The number of nitrogens with zero attached hydrogens (tertiary/aromatic N) is 2. The maximum absolute atomic E-state index is 7.31. The summed E-state index contributed by atoms with van der Waals surface area (Å²) in [4.78, 5) is 2.44. The number of likely N-dealkylation sites (N-methyl/N-ethyl adjacent to an activating group) is 1. The smallest absolute Gasteiger partial charge is 0.148 e. The van der Waals surface area contributed by atoms with E-state index < -0.39 is 6.04 Å². The molecule has 6 aromatic rings. The van der Waals surface area contributed by atoms with Gasteiger partial charge >= 0.3 is 0 Å². The average Bonchev–Trinajstić information content (AvgIpc) is 3.47. The van der Waals surface area contributed by atoms with E-state index in [1.807, 2.05) is 24.3 Å². The second-order valence-electron chi connectivity index (χ2n) is 14.2. The Kier molecular flexibility index (Phi) is 9.95. The molecule has 2 unspecified atom stereocenters. The number of ether oxygens (including phenoxy) is 1. The molecule has 0 bridgehead atoms.